The number of halogens is 1. The number of benzene rings is 2. The molecule has 3 heterocycles. The third kappa shape index (κ3) is 4.75. The largest absolute Gasteiger partial charge is 0.361 e. The third-order valence-electron chi connectivity index (χ3n) is 6.85. The summed E-state index contributed by atoms with van der Waals surface area (Å²) in [7, 11) is 0. The molecule has 4 aromatic rings. The topological polar surface area (TPSA) is 49.7 Å². The maximum atomic E-state index is 15.3. The molecule has 1 N–H and O–H groups in total. The van der Waals surface area contributed by atoms with Crippen LogP contribution in [-0.2, 0) is 12.8 Å². The number of nitrogens with zero attached hydrogens (tertiary/aromatic N) is 4. The number of likely N-dealkylation sites (tertiary alicyclic amines) is 1. The number of rotatable bonds is 8. The van der Waals surface area contributed by atoms with E-state index < -0.39 is 5.67 Å². The van der Waals surface area contributed by atoms with Crippen LogP contribution in [0.15, 0.2) is 67.4 Å². The fourth-order valence-corrected chi connectivity index (χ4v) is 4.80. The Bertz CT molecular complexity index is 1130. The highest BCUT2D eigenvalue weighted by atomic mass is 19.1. The van der Waals surface area contributed by atoms with Gasteiger partial charge in [0, 0.05) is 35.9 Å². The van der Waals surface area contributed by atoms with Gasteiger partial charge in [0.2, 0.25) is 0 Å². The minimum absolute atomic E-state index is 0.634. The number of alkyl halides is 1. The number of aromatic nitrogens is 4. The molecule has 0 saturated carbocycles. The fourth-order valence-electron chi connectivity index (χ4n) is 4.80. The minimum atomic E-state index is -1.01. The Morgan fingerprint density at radius 2 is 1.75 bits per heavy atom. The molecule has 0 spiro atoms. The molecule has 2 aromatic heterocycles. The van der Waals surface area contributed by atoms with Gasteiger partial charge in [-0.15, -0.1) is 10.2 Å². The zero-order valence-electron chi connectivity index (χ0n) is 18.4. The molecule has 0 atom stereocenters. The molecule has 0 aliphatic carbocycles. The molecule has 5 rings (SSSR count). The molecule has 1 fully saturated rings. The van der Waals surface area contributed by atoms with Crippen LogP contribution in [-0.4, -0.2) is 50.0 Å². The number of hydrogen-bond donors (Lipinski definition) is 1. The summed E-state index contributed by atoms with van der Waals surface area (Å²) in [5.41, 5.74) is 3.76. The molecule has 1 aliphatic heterocycles. The highest BCUT2D eigenvalue weighted by Crippen LogP contribution is 2.31. The van der Waals surface area contributed by atoms with Crippen LogP contribution in [0.5, 0.6) is 0 Å². The Hall–Kier alpha value is -2.99. The van der Waals surface area contributed by atoms with Crippen molar-refractivity contribution in [2.45, 2.75) is 44.2 Å². The van der Waals surface area contributed by atoms with Crippen molar-refractivity contribution in [1.29, 1.82) is 0 Å². The lowest BCUT2D eigenvalue weighted by molar-refractivity contribution is 0.0508. The molecular weight excluding hydrogens is 401 g/mol. The first-order valence-corrected chi connectivity index (χ1v) is 11.6. The second-order valence-electron chi connectivity index (χ2n) is 8.99. The zero-order chi connectivity index (χ0) is 21.8. The van der Waals surface area contributed by atoms with Crippen LogP contribution < -0.4 is 0 Å². The average molecular weight is 432 g/mol. The Labute approximate surface area is 188 Å². The predicted octanol–water partition coefficient (Wildman–Crippen LogP) is 5.12. The summed E-state index contributed by atoms with van der Waals surface area (Å²) < 4.78 is 17.2. The van der Waals surface area contributed by atoms with E-state index in [1.165, 1.54) is 16.5 Å². The molecule has 5 nitrogen and oxygen atoms in total. The average Bonchev–Trinajstić information content (AvgIpc) is 3.50. The van der Waals surface area contributed by atoms with E-state index >= 15 is 4.39 Å². The molecular formula is C26H30FN5. The van der Waals surface area contributed by atoms with Crippen LogP contribution in [0.1, 0.15) is 36.8 Å². The van der Waals surface area contributed by atoms with Gasteiger partial charge < -0.3 is 9.88 Å². The van der Waals surface area contributed by atoms with Gasteiger partial charge in [0.1, 0.15) is 18.3 Å². The van der Waals surface area contributed by atoms with E-state index in [0.717, 1.165) is 50.1 Å². The van der Waals surface area contributed by atoms with Crippen LogP contribution in [0, 0.1) is 0 Å². The molecule has 1 saturated heterocycles. The summed E-state index contributed by atoms with van der Waals surface area (Å²) in [5, 5.41) is 9.05. The van der Waals surface area contributed by atoms with Gasteiger partial charge in [-0.05, 0) is 74.4 Å². The van der Waals surface area contributed by atoms with E-state index in [2.05, 4.69) is 56.6 Å². The number of piperidine rings is 1. The number of H-pyrrole nitrogens is 1. The van der Waals surface area contributed by atoms with E-state index in [-0.39, 0.29) is 0 Å². The number of hydrogen-bond acceptors (Lipinski definition) is 3. The third-order valence-corrected chi connectivity index (χ3v) is 6.85. The van der Waals surface area contributed by atoms with Crippen molar-refractivity contribution in [2.24, 2.45) is 0 Å². The maximum absolute atomic E-state index is 15.3. The molecule has 2 aromatic carbocycles. The summed E-state index contributed by atoms with van der Waals surface area (Å²) in [6, 6.07) is 16.6. The number of aryl methyl sites for hydroxylation is 2. The van der Waals surface area contributed by atoms with Gasteiger partial charge in [-0.25, -0.2) is 4.39 Å². The zero-order valence-corrected chi connectivity index (χ0v) is 18.4. The smallest absolute Gasteiger partial charge is 0.123 e. The second kappa shape index (κ2) is 9.25. The first-order chi connectivity index (χ1) is 15.7. The van der Waals surface area contributed by atoms with Gasteiger partial charge in [0.25, 0.3) is 0 Å². The van der Waals surface area contributed by atoms with Gasteiger partial charge in [-0.2, -0.15) is 0 Å². The molecule has 0 amide bonds. The first kappa shape index (κ1) is 20.9. The highest BCUT2D eigenvalue weighted by molar-refractivity contribution is 5.85. The molecule has 32 heavy (non-hydrogen) atoms. The molecule has 0 radical (unpaired) electrons. The summed E-state index contributed by atoms with van der Waals surface area (Å²) >= 11 is 0. The molecule has 1 aliphatic rings. The standard InChI is InChI=1S/C26H30FN5/c27-26(11-10-21-5-2-1-3-6-21)12-15-31(16-13-26)14-4-7-22-18-28-25-9-8-23(17-24(22)25)32-19-29-30-20-32/h1-3,5-6,8-9,17-20,28H,4,7,10-16H2. The van der Waals surface area contributed by atoms with Crippen molar-refractivity contribution >= 4 is 10.9 Å². The maximum Gasteiger partial charge on any atom is 0.123 e. The van der Waals surface area contributed by atoms with Crippen LogP contribution >= 0.6 is 0 Å². The summed E-state index contributed by atoms with van der Waals surface area (Å²) in [5.74, 6) is 0. The van der Waals surface area contributed by atoms with Gasteiger partial charge in [0.15, 0.2) is 0 Å². The van der Waals surface area contributed by atoms with Crippen molar-refractivity contribution in [2.75, 3.05) is 19.6 Å². The fraction of sp³-hybridized carbons (Fsp3) is 0.385. The van der Waals surface area contributed by atoms with Crippen molar-refractivity contribution < 1.29 is 4.39 Å². The number of nitrogens with one attached hydrogen (secondary N) is 1. The molecule has 0 unspecified atom stereocenters. The molecule has 0 bridgehead atoms. The minimum Gasteiger partial charge on any atom is -0.361 e. The van der Waals surface area contributed by atoms with Crippen LogP contribution in [0.4, 0.5) is 4.39 Å². The summed E-state index contributed by atoms with van der Waals surface area (Å²) in [6.45, 7) is 2.74. The quantitative estimate of drug-likeness (QED) is 0.421. The Morgan fingerprint density at radius 1 is 0.969 bits per heavy atom. The van der Waals surface area contributed by atoms with Gasteiger partial charge in [-0.3, -0.25) is 4.57 Å². The Balaban J connectivity index is 1.12. The van der Waals surface area contributed by atoms with Crippen molar-refractivity contribution in [3.8, 4) is 5.69 Å². The highest BCUT2D eigenvalue weighted by Gasteiger charge is 2.33. The second-order valence-corrected chi connectivity index (χ2v) is 8.99. The van der Waals surface area contributed by atoms with Crippen molar-refractivity contribution in [3.05, 3.63) is 78.5 Å². The van der Waals surface area contributed by atoms with Crippen LogP contribution in [0.2, 0.25) is 0 Å². The summed E-state index contributed by atoms with van der Waals surface area (Å²) in [6.07, 6.45) is 10.4. The van der Waals surface area contributed by atoms with Crippen molar-refractivity contribution in [1.82, 2.24) is 24.6 Å². The predicted molar refractivity (Wildman–Crippen MR) is 126 cm³/mol. The van der Waals surface area contributed by atoms with Gasteiger partial charge >= 0.3 is 0 Å². The monoisotopic (exact) mass is 431 g/mol. The first-order valence-electron chi connectivity index (χ1n) is 11.6. The SMILES string of the molecule is FC1(CCc2ccccc2)CCN(CCCc2c[nH]c3ccc(-n4cnnc4)cc23)CC1. The van der Waals surface area contributed by atoms with Crippen LogP contribution in [0.3, 0.4) is 0 Å². The molecule has 6 heteroatoms. The summed E-state index contributed by atoms with van der Waals surface area (Å²) in [4.78, 5) is 5.81. The number of aromatic amines is 1. The van der Waals surface area contributed by atoms with E-state index in [4.69, 9.17) is 0 Å². The lowest BCUT2D eigenvalue weighted by Crippen LogP contribution is -2.42. The normalized spacial score (nSPS) is 16.5. The van der Waals surface area contributed by atoms with Crippen LogP contribution in [0.25, 0.3) is 16.6 Å². The Morgan fingerprint density at radius 3 is 2.53 bits per heavy atom. The Kier molecular flexibility index (Phi) is 6.04. The van der Waals surface area contributed by atoms with Crippen molar-refractivity contribution in [3.63, 3.8) is 0 Å². The molecule has 166 valence electrons. The number of fused-ring (bicyclic) bond motifs is 1. The van der Waals surface area contributed by atoms with E-state index in [1.54, 1.807) is 12.7 Å². The van der Waals surface area contributed by atoms with Gasteiger partial charge in [0.05, 0.1) is 0 Å². The lowest BCUT2D eigenvalue weighted by Gasteiger charge is -2.36. The van der Waals surface area contributed by atoms with E-state index in [0.29, 0.717) is 19.3 Å². The lowest BCUT2D eigenvalue weighted by atomic mass is 9.87. The van der Waals surface area contributed by atoms with E-state index in [1.807, 2.05) is 22.8 Å². The van der Waals surface area contributed by atoms with Gasteiger partial charge in [-0.1, -0.05) is 30.3 Å². The van der Waals surface area contributed by atoms with E-state index in [9.17, 15) is 0 Å².